The van der Waals surface area contributed by atoms with Gasteiger partial charge >= 0.3 is 0 Å². The molecule has 5 aromatic carbocycles. The molecule has 5 rings (SSSR count). The molecule has 0 aliphatic carbocycles. The van der Waals surface area contributed by atoms with Crippen molar-refractivity contribution in [1.29, 1.82) is 0 Å². The summed E-state index contributed by atoms with van der Waals surface area (Å²) in [6.07, 6.45) is 0.523. The summed E-state index contributed by atoms with van der Waals surface area (Å²) in [5, 5.41) is 1.77. The van der Waals surface area contributed by atoms with Crippen LogP contribution in [-0.2, 0) is 14.9 Å². The average molecular weight is 517 g/mol. The van der Waals surface area contributed by atoms with E-state index in [1.54, 1.807) is 0 Å². The lowest BCUT2D eigenvalue weighted by Crippen LogP contribution is -2.35. The molecule has 0 aliphatic rings. The molecule has 1 atom stereocenters. The zero-order valence-corrected chi connectivity index (χ0v) is 22.6. The Kier molecular flexibility index (Phi) is 8.03. The molecule has 2 nitrogen and oxygen atoms in total. The average Bonchev–Trinajstić information content (AvgIpc) is 3.00. The topological polar surface area (TPSA) is 26.3 Å². The van der Waals surface area contributed by atoms with Gasteiger partial charge in [-0.25, -0.2) is 0 Å². The van der Waals surface area contributed by atoms with Gasteiger partial charge in [0.2, 0.25) is 0 Å². The van der Waals surface area contributed by atoms with Crippen molar-refractivity contribution in [3.05, 3.63) is 168 Å². The lowest BCUT2D eigenvalue weighted by atomic mass is 9.80. The quantitative estimate of drug-likeness (QED) is 0.141. The Morgan fingerprint density at radius 1 is 0.553 bits per heavy atom. The first-order chi connectivity index (χ1) is 18.6. The smallest absolute Gasteiger partial charge is 0.143 e. The predicted octanol–water partition coefficient (Wildman–Crippen LogP) is 7.65. The first kappa shape index (κ1) is 25.9. The summed E-state index contributed by atoms with van der Waals surface area (Å²) in [5.74, 6) is 0.0387. The summed E-state index contributed by atoms with van der Waals surface area (Å²) in [7, 11) is -2.86. The van der Waals surface area contributed by atoms with Gasteiger partial charge in [0.15, 0.2) is 0 Å². The molecule has 1 unspecified atom stereocenters. The van der Waals surface area contributed by atoms with E-state index >= 15 is 0 Å². The zero-order valence-electron chi connectivity index (χ0n) is 21.7. The third-order valence-electron chi connectivity index (χ3n) is 7.04. The third-order valence-corrected chi connectivity index (χ3v) is 10.4. The Labute approximate surface area is 226 Å². The van der Waals surface area contributed by atoms with E-state index in [1.165, 1.54) is 0 Å². The second kappa shape index (κ2) is 11.8. The maximum Gasteiger partial charge on any atom is 0.143 e. The van der Waals surface area contributed by atoms with Crippen LogP contribution in [0.3, 0.4) is 0 Å². The Hall–Kier alpha value is -3.71. The second-order valence-electron chi connectivity index (χ2n) is 9.79. The lowest BCUT2D eigenvalue weighted by molar-refractivity contribution is -0.00184. The lowest BCUT2D eigenvalue weighted by Gasteiger charge is -2.37. The maximum absolute atomic E-state index is 14.7. The first-order valence-corrected chi connectivity index (χ1v) is 15.0. The number of hydrogen-bond donors (Lipinski definition) is 0. The second-order valence-corrected chi connectivity index (χ2v) is 12.7. The highest BCUT2D eigenvalue weighted by molar-refractivity contribution is 7.78. The molecule has 38 heavy (non-hydrogen) atoms. The number of hydrogen-bond acceptors (Lipinski definition) is 2. The molecule has 0 aliphatic heterocycles. The van der Waals surface area contributed by atoms with Gasteiger partial charge in [-0.3, -0.25) is 0 Å². The van der Waals surface area contributed by atoms with Gasteiger partial charge in [-0.1, -0.05) is 159 Å². The van der Waals surface area contributed by atoms with Gasteiger partial charge in [-0.05, 0) is 22.6 Å². The van der Waals surface area contributed by atoms with Crippen molar-refractivity contribution in [3.63, 3.8) is 0 Å². The van der Waals surface area contributed by atoms with Crippen LogP contribution in [0.5, 0.6) is 0 Å². The fourth-order valence-corrected chi connectivity index (χ4v) is 8.24. The molecule has 0 aromatic heterocycles. The number of rotatable bonds is 10. The van der Waals surface area contributed by atoms with Crippen molar-refractivity contribution >= 4 is 17.8 Å². The van der Waals surface area contributed by atoms with E-state index in [0.717, 1.165) is 27.3 Å². The van der Waals surface area contributed by atoms with Gasteiger partial charge in [0.25, 0.3) is 0 Å². The summed E-state index contributed by atoms with van der Waals surface area (Å²) < 4.78 is 21.8. The Morgan fingerprint density at radius 3 is 1.21 bits per heavy atom. The van der Waals surface area contributed by atoms with Gasteiger partial charge in [0, 0.05) is 16.8 Å². The molecule has 0 N–H and O–H groups in total. The van der Waals surface area contributed by atoms with Crippen molar-refractivity contribution in [2.24, 2.45) is 5.92 Å². The van der Waals surface area contributed by atoms with E-state index in [9.17, 15) is 4.57 Å². The minimum atomic E-state index is -2.86. The minimum absolute atomic E-state index is 0.0387. The molecule has 0 heterocycles. The van der Waals surface area contributed by atoms with Gasteiger partial charge in [-0.15, -0.1) is 0 Å². The van der Waals surface area contributed by atoms with Gasteiger partial charge in [0.05, 0.1) is 6.61 Å². The van der Waals surface area contributed by atoms with Crippen LogP contribution in [0.4, 0.5) is 0 Å². The van der Waals surface area contributed by atoms with Crippen LogP contribution in [0.1, 0.15) is 23.6 Å². The Bertz CT molecular complexity index is 1310. The molecule has 0 radical (unpaired) electrons. The van der Waals surface area contributed by atoms with Crippen LogP contribution in [-0.4, -0.2) is 12.8 Å². The normalized spacial score (nSPS) is 12.7. The van der Waals surface area contributed by atoms with Crippen LogP contribution >= 0.6 is 7.14 Å². The highest BCUT2D eigenvalue weighted by atomic mass is 31.2. The van der Waals surface area contributed by atoms with Crippen molar-refractivity contribution in [2.45, 2.75) is 12.5 Å². The molecule has 0 saturated carbocycles. The monoisotopic (exact) mass is 516 g/mol. The zero-order chi connectivity index (χ0) is 26.3. The Morgan fingerprint density at radius 2 is 0.868 bits per heavy atom. The third kappa shape index (κ3) is 5.29. The molecule has 5 aromatic rings. The SMILES string of the molecule is CC(COC(c1ccccc1)(c1ccccc1)c1ccccc1)CP(=O)(c1ccccc1)c1ccccc1. The summed E-state index contributed by atoms with van der Waals surface area (Å²) in [6.45, 7) is 2.59. The van der Waals surface area contributed by atoms with E-state index in [-0.39, 0.29) is 5.92 Å². The molecule has 0 bridgehead atoms. The molecular formula is C35H33O2P. The standard InChI is InChI=1S/C35H33O2P/c1-29(28-38(36,33-23-13-5-14-24-33)34-25-15-6-16-26-34)27-37-35(30-17-7-2-8-18-30,31-19-9-3-10-20-31)32-21-11-4-12-22-32/h2-26,29H,27-28H2,1H3. The van der Waals surface area contributed by atoms with E-state index < -0.39 is 12.7 Å². The molecule has 0 amide bonds. The molecule has 0 saturated heterocycles. The number of ether oxygens (including phenoxy) is 1. The molecule has 0 fully saturated rings. The van der Waals surface area contributed by atoms with E-state index in [0.29, 0.717) is 12.8 Å². The van der Waals surface area contributed by atoms with Crippen LogP contribution in [0, 0.1) is 5.92 Å². The first-order valence-electron chi connectivity index (χ1n) is 13.1. The van der Waals surface area contributed by atoms with Crippen molar-refractivity contribution < 1.29 is 9.30 Å². The minimum Gasteiger partial charge on any atom is -0.361 e. The summed E-state index contributed by atoms with van der Waals surface area (Å²) in [6, 6.07) is 51.0. The highest BCUT2D eigenvalue weighted by Crippen LogP contribution is 2.46. The predicted molar refractivity (Wildman–Crippen MR) is 159 cm³/mol. The van der Waals surface area contributed by atoms with Gasteiger partial charge < -0.3 is 9.30 Å². The van der Waals surface area contributed by atoms with Gasteiger partial charge in [0.1, 0.15) is 12.7 Å². The maximum atomic E-state index is 14.7. The molecule has 3 heteroatoms. The van der Waals surface area contributed by atoms with E-state index in [1.807, 2.05) is 78.9 Å². The summed E-state index contributed by atoms with van der Waals surface area (Å²) >= 11 is 0. The molecular weight excluding hydrogens is 483 g/mol. The van der Waals surface area contributed by atoms with Crippen LogP contribution in [0.2, 0.25) is 0 Å². The van der Waals surface area contributed by atoms with Crippen molar-refractivity contribution in [2.75, 3.05) is 12.8 Å². The highest BCUT2D eigenvalue weighted by Gasteiger charge is 2.38. The van der Waals surface area contributed by atoms with Crippen LogP contribution in [0.15, 0.2) is 152 Å². The van der Waals surface area contributed by atoms with E-state index in [4.69, 9.17) is 4.74 Å². The van der Waals surface area contributed by atoms with Crippen molar-refractivity contribution in [1.82, 2.24) is 0 Å². The fraction of sp³-hybridized carbons (Fsp3) is 0.143. The van der Waals surface area contributed by atoms with E-state index in [2.05, 4.69) is 79.7 Å². The summed E-state index contributed by atoms with van der Waals surface area (Å²) in [5.41, 5.74) is 2.42. The van der Waals surface area contributed by atoms with Crippen LogP contribution < -0.4 is 10.6 Å². The summed E-state index contributed by atoms with van der Waals surface area (Å²) in [4.78, 5) is 0. The molecule has 190 valence electrons. The van der Waals surface area contributed by atoms with Crippen molar-refractivity contribution in [3.8, 4) is 0 Å². The van der Waals surface area contributed by atoms with Gasteiger partial charge in [-0.2, -0.15) is 0 Å². The molecule has 0 spiro atoms. The largest absolute Gasteiger partial charge is 0.361 e. The van der Waals surface area contributed by atoms with Crippen LogP contribution in [0.25, 0.3) is 0 Å². The fourth-order valence-electron chi connectivity index (χ4n) is 5.22. The number of benzene rings is 5. The Balaban J connectivity index is 1.53.